The number of nitrogens with zero attached hydrogens (tertiary/aromatic N) is 3. The van der Waals surface area contributed by atoms with Crippen LogP contribution in [0.15, 0.2) is 5.38 Å². The van der Waals surface area contributed by atoms with Gasteiger partial charge in [0.05, 0.1) is 6.54 Å². The number of hydrogen-bond acceptors (Lipinski definition) is 6. The first-order valence-electron chi connectivity index (χ1n) is 8.34. The van der Waals surface area contributed by atoms with Crippen LogP contribution in [0, 0.1) is 5.92 Å². The molecule has 1 saturated heterocycles. The minimum Gasteiger partial charge on any atom is -0.375 e. The van der Waals surface area contributed by atoms with Crippen molar-refractivity contribution in [3.8, 4) is 0 Å². The lowest BCUT2D eigenvalue weighted by Gasteiger charge is -2.46. The van der Waals surface area contributed by atoms with Crippen LogP contribution in [0.3, 0.4) is 0 Å². The molecule has 1 spiro atoms. The Bertz CT molecular complexity index is 626. The van der Waals surface area contributed by atoms with Gasteiger partial charge in [0.1, 0.15) is 5.69 Å². The first kappa shape index (κ1) is 17.2. The minimum atomic E-state index is -0.191. The summed E-state index contributed by atoms with van der Waals surface area (Å²) >= 11 is 1.26. The second kappa shape index (κ2) is 6.68. The highest BCUT2D eigenvalue weighted by Gasteiger charge is 2.51. The molecule has 0 bridgehead atoms. The second-order valence-electron chi connectivity index (χ2n) is 7.17. The number of carbonyl (C=O) groups is 2. The Morgan fingerprint density at radius 2 is 2.25 bits per heavy atom. The molecule has 1 saturated carbocycles. The SMILES string of the molecule is CN(C)CC(=O)N1CC(CNC(=O)c2csc(N)n2)CC12CCC2. The molecule has 1 aliphatic heterocycles. The van der Waals surface area contributed by atoms with Gasteiger partial charge >= 0.3 is 0 Å². The van der Waals surface area contributed by atoms with Crippen molar-refractivity contribution in [1.29, 1.82) is 0 Å². The van der Waals surface area contributed by atoms with Crippen molar-refractivity contribution < 1.29 is 9.59 Å². The van der Waals surface area contributed by atoms with Crippen LogP contribution in [0.5, 0.6) is 0 Å². The third-order valence-corrected chi connectivity index (χ3v) is 5.70. The fourth-order valence-electron chi connectivity index (χ4n) is 3.80. The summed E-state index contributed by atoms with van der Waals surface area (Å²) < 4.78 is 0. The van der Waals surface area contributed by atoms with Crippen LogP contribution in [-0.2, 0) is 4.79 Å². The number of nitrogen functional groups attached to an aromatic ring is 1. The summed E-state index contributed by atoms with van der Waals surface area (Å²) in [5, 5.41) is 5.01. The number of carbonyl (C=O) groups excluding carboxylic acids is 2. The summed E-state index contributed by atoms with van der Waals surface area (Å²) in [5.74, 6) is 0.306. The van der Waals surface area contributed by atoms with Gasteiger partial charge in [-0.05, 0) is 45.7 Å². The molecule has 2 heterocycles. The first-order chi connectivity index (χ1) is 11.4. The van der Waals surface area contributed by atoms with Crippen molar-refractivity contribution in [3.05, 3.63) is 11.1 Å². The van der Waals surface area contributed by atoms with Crippen LogP contribution in [0.2, 0.25) is 0 Å². The normalized spacial score (nSPS) is 22.0. The third-order valence-electron chi connectivity index (χ3n) is 5.02. The molecule has 1 unspecified atom stereocenters. The molecule has 8 heteroatoms. The molecule has 2 fully saturated rings. The molecule has 3 rings (SSSR count). The average molecular weight is 351 g/mol. The van der Waals surface area contributed by atoms with Gasteiger partial charge in [0.2, 0.25) is 5.91 Å². The van der Waals surface area contributed by atoms with Gasteiger partial charge in [-0.2, -0.15) is 0 Å². The van der Waals surface area contributed by atoms with E-state index in [4.69, 9.17) is 5.73 Å². The Balaban J connectivity index is 1.58. The molecule has 1 aliphatic carbocycles. The monoisotopic (exact) mass is 351 g/mol. The summed E-state index contributed by atoms with van der Waals surface area (Å²) in [7, 11) is 3.83. The van der Waals surface area contributed by atoms with Crippen molar-refractivity contribution in [2.75, 3.05) is 39.5 Å². The maximum Gasteiger partial charge on any atom is 0.270 e. The van der Waals surface area contributed by atoms with Gasteiger partial charge in [-0.1, -0.05) is 0 Å². The van der Waals surface area contributed by atoms with Crippen LogP contribution in [-0.4, -0.2) is 65.9 Å². The number of likely N-dealkylation sites (tertiary alicyclic amines) is 1. The zero-order valence-electron chi connectivity index (χ0n) is 14.2. The number of rotatable bonds is 5. The maximum atomic E-state index is 12.5. The van der Waals surface area contributed by atoms with E-state index in [1.807, 2.05) is 19.0 Å². The fraction of sp³-hybridized carbons (Fsp3) is 0.688. The lowest BCUT2D eigenvalue weighted by molar-refractivity contribution is -0.139. The lowest BCUT2D eigenvalue weighted by Crippen LogP contribution is -2.53. The Kier molecular flexibility index (Phi) is 4.78. The minimum absolute atomic E-state index is 0.0353. The number of anilines is 1. The molecule has 1 aromatic heterocycles. The van der Waals surface area contributed by atoms with E-state index >= 15 is 0 Å². The summed E-state index contributed by atoms with van der Waals surface area (Å²) in [6.07, 6.45) is 4.33. The quantitative estimate of drug-likeness (QED) is 0.818. The topological polar surface area (TPSA) is 91.6 Å². The predicted molar refractivity (Wildman–Crippen MR) is 93.8 cm³/mol. The Labute approximate surface area is 146 Å². The van der Waals surface area contributed by atoms with Gasteiger partial charge in [0, 0.05) is 24.0 Å². The van der Waals surface area contributed by atoms with E-state index in [0.717, 1.165) is 25.8 Å². The Hall–Kier alpha value is -1.67. The molecule has 0 radical (unpaired) electrons. The van der Waals surface area contributed by atoms with Crippen molar-refractivity contribution in [2.45, 2.75) is 31.2 Å². The number of nitrogens with two attached hydrogens (primary N) is 1. The van der Waals surface area contributed by atoms with Gasteiger partial charge in [-0.3, -0.25) is 9.59 Å². The van der Waals surface area contributed by atoms with Crippen molar-refractivity contribution in [3.63, 3.8) is 0 Å². The molecule has 3 N–H and O–H groups in total. The van der Waals surface area contributed by atoms with E-state index in [2.05, 4.69) is 15.2 Å². The molecular weight excluding hydrogens is 326 g/mol. The molecule has 132 valence electrons. The molecule has 1 atom stereocenters. The van der Waals surface area contributed by atoms with Crippen molar-refractivity contribution in [2.24, 2.45) is 5.92 Å². The van der Waals surface area contributed by atoms with Gasteiger partial charge in [-0.15, -0.1) is 11.3 Å². The van der Waals surface area contributed by atoms with E-state index in [-0.39, 0.29) is 17.4 Å². The molecular formula is C16H25N5O2S. The molecule has 0 aromatic carbocycles. The summed E-state index contributed by atoms with van der Waals surface area (Å²) in [4.78, 5) is 32.6. The number of aromatic nitrogens is 1. The van der Waals surface area contributed by atoms with E-state index in [1.165, 1.54) is 17.8 Å². The van der Waals surface area contributed by atoms with E-state index in [9.17, 15) is 9.59 Å². The highest BCUT2D eigenvalue weighted by molar-refractivity contribution is 7.13. The summed E-state index contributed by atoms with van der Waals surface area (Å²) in [6, 6.07) is 0. The van der Waals surface area contributed by atoms with Crippen LogP contribution in [0.25, 0.3) is 0 Å². The van der Waals surface area contributed by atoms with Crippen LogP contribution >= 0.6 is 11.3 Å². The summed E-state index contributed by atoms with van der Waals surface area (Å²) in [5.41, 5.74) is 5.97. The van der Waals surface area contributed by atoms with Gasteiger partial charge < -0.3 is 20.9 Å². The zero-order chi connectivity index (χ0) is 17.3. The second-order valence-corrected chi connectivity index (χ2v) is 8.06. The zero-order valence-corrected chi connectivity index (χ0v) is 15.1. The molecule has 24 heavy (non-hydrogen) atoms. The number of likely N-dealkylation sites (N-methyl/N-ethyl adjacent to an activating group) is 1. The van der Waals surface area contributed by atoms with Gasteiger partial charge in [-0.25, -0.2) is 4.98 Å². The first-order valence-corrected chi connectivity index (χ1v) is 9.22. The van der Waals surface area contributed by atoms with Crippen LogP contribution in [0.1, 0.15) is 36.2 Å². The highest BCUT2D eigenvalue weighted by atomic mass is 32.1. The Morgan fingerprint density at radius 1 is 1.50 bits per heavy atom. The molecule has 2 aliphatic rings. The number of thiazole rings is 1. The third kappa shape index (κ3) is 3.39. The number of amides is 2. The van der Waals surface area contributed by atoms with Crippen molar-refractivity contribution >= 4 is 28.3 Å². The van der Waals surface area contributed by atoms with Crippen molar-refractivity contribution in [1.82, 2.24) is 20.1 Å². The van der Waals surface area contributed by atoms with Gasteiger partial charge in [0.15, 0.2) is 5.13 Å². The largest absolute Gasteiger partial charge is 0.375 e. The van der Waals surface area contributed by atoms with Gasteiger partial charge in [0.25, 0.3) is 5.91 Å². The maximum absolute atomic E-state index is 12.5. The lowest BCUT2D eigenvalue weighted by atomic mass is 9.73. The van der Waals surface area contributed by atoms with E-state index in [1.54, 1.807) is 5.38 Å². The van der Waals surface area contributed by atoms with Crippen LogP contribution in [0.4, 0.5) is 5.13 Å². The molecule has 2 amide bonds. The smallest absolute Gasteiger partial charge is 0.270 e. The average Bonchev–Trinajstić information content (AvgIpc) is 3.07. The van der Waals surface area contributed by atoms with E-state index in [0.29, 0.717) is 29.8 Å². The summed E-state index contributed by atoms with van der Waals surface area (Å²) in [6.45, 7) is 1.74. The number of nitrogens with one attached hydrogen (secondary N) is 1. The fourth-order valence-corrected chi connectivity index (χ4v) is 4.34. The standard InChI is InChI=1S/C16H25N5O2S/c1-20(2)9-13(22)21-8-11(6-16(21)4-3-5-16)7-18-14(23)12-10-24-15(17)19-12/h10-11H,3-9H2,1-2H3,(H2,17,19)(H,18,23). The Morgan fingerprint density at radius 3 is 2.79 bits per heavy atom. The number of hydrogen-bond donors (Lipinski definition) is 2. The van der Waals surface area contributed by atoms with E-state index < -0.39 is 0 Å². The molecule has 1 aromatic rings. The predicted octanol–water partition coefficient (Wildman–Crippen LogP) is 0.788. The highest BCUT2D eigenvalue weighted by Crippen LogP contribution is 2.47. The molecule has 7 nitrogen and oxygen atoms in total. The van der Waals surface area contributed by atoms with Crippen LogP contribution < -0.4 is 11.1 Å².